The van der Waals surface area contributed by atoms with E-state index in [1.807, 2.05) is 4.90 Å². The summed E-state index contributed by atoms with van der Waals surface area (Å²) in [6.07, 6.45) is 0.156. The highest BCUT2D eigenvalue weighted by Gasteiger charge is 2.32. The molecule has 2 heterocycles. The van der Waals surface area contributed by atoms with Crippen LogP contribution in [0.2, 0.25) is 0 Å². The van der Waals surface area contributed by atoms with Gasteiger partial charge in [0.2, 0.25) is 0 Å². The molecule has 0 bridgehead atoms. The molecule has 1 aliphatic rings. The Morgan fingerprint density at radius 2 is 1.90 bits per heavy atom. The number of nitrogens with one attached hydrogen (secondary N) is 1. The van der Waals surface area contributed by atoms with Crippen molar-refractivity contribution in [2.75, 3.05) is 49.5 Å². The Bertz CT molecular complexity index is 444. The first-order chi connectivity index (χ1) is 9.98. The smallest absolute Gasteiger partial charge is 0.369 e. The molecular weight excluding hydrogens is 283 g/mol. The van der Waals surface area contributed by atoms with Gasteiger partial charge in [0.1, 0.15) is 11.6 Å². The van der Waals surface area contributed by atoms with Crippen LogP contribution in [0.3, 0.4) is 0 Å². The van der Waals surface area contributed by atoms with E-state index in [0.717, 1.165) is 13.0 Å². The number of halogens is 3. The molecule has 1 aromatic heterocycles. The van der Waals surface area contributed by atoms with Gasteiger partial charge in [-0.05, 0) is 6.42 Å². The molecule has 1 N–H and O–H groups in total. The van der Waals surface area contributed by atoms with Crippen LogP contribution in [0, 0.1) is 0 Å². The van der Waals surface area contributed by atoms with Gasteiger partial charge in [-0.25, -0.2) is 4.98 Å². The number of nitrogens with zero attached hydrogens (tertiary/aromatic N) is 4. The lowest BCUT2D eigenvalue weighted by atomic mass is 10.3. The third kappa shape index (κ3) is 5.04. The van der Waals surface area contributed by atoms with Crippen LogP contribution < -0.4 is 10.2 Å². The third-order valence-corrected chi connectivity index (χ3v) is 3.28. The van der Waals surface area contributed by atoms with E-state index in [9.17, 15) is 13.2 Å². The highest BCUT2D eigenvalue weighted by Crippen LogP contribution is 2.19. The zero-order valence-electron chi connectivity index (χ0n) is 12.0. The molecular formula is C13H20F3N5. The highest BCUT2D eigenvalue weighted by atomic mass is 19.4. The number of anilines is 2. The lowest BCUT2D eigenvalue weighted by Crippen LogP contribution is -2.49. The minimum absolute atomic E-state index is 0.383. The summed E-state index contributed by atoms with van der Waals surface area (Å²) in [5.74, 6) is 1.41. The third-order valence-electron chi connectivity index (χ3n) is 3.28. The molecule has 5 nitrogen and oxygen atoms in total. The van der Waals surface area contributed by atoms with E-state index in [-0.39, 0.29) is 0 Å². The first kappa shape index (κ1) is 15.8. The maximum Gasteiger partial charge on any atom is 0.401 e. The average molecular weight is 303 g/mol. The van der Waals surface area contributed by atoms with Gasteiger partial charge in [0.05, 0.1) is 18.9 Å². The predicted molar refractivity (Wildman–Crippen MR) is 75.5 cm³/mol. The fourth-order valence-corrected chi connectivity index (χ4v) is 2.23. The summed E-state index contributed by atoms with van der Waals surface area (Å²) >= 11 is 0. The highest BCUT2D eigenvalue weighted by molar-refractivity contribution is 5.44. The van der Waals surface area contributed by atoms with Gasteiger partial charge in [-0.15, -0.1) is 0 Å². The second-order valence-electron chi connectivity index (χ2n) is 5.07. The van der Waals surface area contributed by atoms with E-state index in [1.165, 1.54) is 4.90 Å². The molecule has 1 fully saturated rings. The molecule has 1 aromatic rings. The summed E-state index contributed by atoms with van der Waals surface area (Å²) in [5.41, 5.74) is 0. The van der Waals surface area contributed by atoms with Crippen LogP contribution in [0.5, 0.6) is 0 Å². The van der Waals surface area contributed by atoms with Gasteiger partial charge in [-0.3, -0.25) is 9.88 Å². The quantitative estimate of drug-likeness (QED) is 0.901. The van der Waals surface area contributed by atoms with Gasteiger partial charge in [-0.2, -0.15) is 13.2 Å². The van der Waals surface area contributed by atoms with E-state index < -0.39 is 12.7 Å². The lowest BCUT2D eigenvalue weighted by molar-refractivity contribution is -0.146. The van der Waals surface area contributed by atoms with Crippen LogP contribution in [0.4, 0.5) is 24.8 Å². The second kappa shape index (κ2) is 6.93. The first-order valence-corrected chi connectivity index (χ1v) is 7.08. The van der Waals surface area contributed by atoms with E-state index in [0.29, 0.717) is 37.8 Å². The molecule has 0 aromatic carbocycles. The standard InChI is InChI=1S/C13H20F3N5/c1-2-3-18-11-8-17-9-12(19-11)21-6-4-20(5-7-21)10-13(14,15)16/h8-9H,2-7,10H2,1H3,(H,18,19). The monoisotopic (exact) mass is 303 g/mol. The molecule has 0 amide bonds. The molecule has 2 rings (SSSR count). The minimum atomic E-state index is -4.13. The summed E-state index contributed by atoms with van der Waals surface area (Å²) in [7, 11) is 0. The summed E-state index contributed by atoms with van der Waals surface area (Å²) in [5, 5.41) is 3.15. The Balaban J connectivity index is 1.90. The molecule has 0 radical (unpaired) electrons. The van der Waals surface area contributed by atoms with Crippen molar-refractivity contribution in [3.05, 3.63) is 12.4 Å². The number of alkyl halides is 3. The molecule has 0 unspecified atom stereocenters. The van der Waals surface area contributed by atoms with E-state index in [4.69, 9.17) is 0 Å². The van der Waals surface area contributed by atoms with Crippen LogP contribution in [-0.2, 0) is 0 Å². The van der Waals surface area contributed by atoms with Crippen molar-refractivity contribution in [3.63, 3.8) is 0 Å². The number of hydrogen-bond acceptors (Lipinski definition) is 5. The Morgan fingerprint density at radius 3 is 2.52 bits per heavy atom. The Hall–Kier alpha value is -1.57. The molecule has 0 saturated carbocycles. The molecule has 8 heteroatoms. The van der Waals surface area contributed by atoms with Crippen molar-refractivity contribution in [1.29, 1.82) is 0 Å². The molecule has 0 aliphatic carbocycles. The Labute approximate surface area is 122 Å². The molecule has 118 valence electrons. The van der Waals surface area contributed by atoms with Crippen LogP contribution in [0.1, 0.15) is 13.3 Å². The molecule has 0 atom stereocenters. The lowest BCUT2D eigenvalue weighted by Gasteiger charge is -2.35. The van der Waals surface area contributed by atoms with E-state index in [2.05, 4.69) is 22.2 Å². The minimum Gasteiger partial charge on any atom is -0.369 e. The van der Waals surface area contributed by atoms with E-state index in [1.54, 1.807) is 12.4 Å². The van der Waals surface area contributed by atoms with Crippen LogP contribution >= 0.6 is 0 Å². The van der Waals surface area contributed by atoms with Gasteiger partial charge in [0, 0.05) is 32.7 Å². The maximum atomic E-state index is 12.3. The maximum absolute atomic E-state index is 12.3. The summed E-state index contributed by atoms with van der Waals surface area (Å²) in [4.78, 5) is 12.0. The molecule has 1 saturated heterocycles. The van der Waals surface area contributed by atoms with Gasteiger partial charge < -0.3 is 10.2 Å². The van der Waals surface area contributed by atoms with Crippen LogP contribution in [-0.4, -0.2) is 60.3 Å². The molecule has 21 heavy (non-hydrogen) atoms. The van der Waals surface area contributed by atoms with Gasteiger partial charge in [0.25, 0.3) is 0 Å². The summed E-state index contributed by atoms with van der Waals surface area (Å²) in [6.45, 7) is 3.86. The first-order valence-electron chi connectivity index (χ1n) is 7.08. The molecule has 1 aliphatic heterocycles. The Morgan fingerprint density at radius 1 is 1.19 bits per heavy atom. The number of rotatable bonds is 5. The van der Waals surface area contributed by atoms with Crippen molar-refractivity contribution in [1.82, 2.24) is 14.9 Å². The fourth-order valence-electron chi connectivity index (χ4n) is 2.23. The van der Waals surface area contributed by atoms with Crippen molar-refractivity contribution in [2.24, 2.45) is 0 Å². The van der Waals surface area contributed by atoms with Gasteiger partial charge >= 0.3 is 6.18 Å². The second-order valence-corrected chi connectivity index (χ2v) is 5.07. The molecule has 0 spiro atoms. The number of hydrogen-bond donors (Lipinski definition) is 1. The van der Waals surface area contributed by atoms with Crippen molar-refractivity contribution in [3.8, 4) is 0 Å². The van der Waals surface area contributed by atoms with Crippen molar-refractivity contribution < 1.29 is 13.2 Å². The normalized spacial score (nSPS) is 17.0. The number of aromatic nitrogens is 2. The zero-order valence-corrected chi connectivity index (χ0v) is 12.0. The average Bonchev–Trinajstić information content (AvgIpc) is 2.44. The topological polar surface area (TPSA) is 44.3 Å². The predicted octanol–water partition coefficient (Wildman–Crippen LogP) is 1.98. The van der Waals surface area contributed by atoms with Crippen molar-refractivity contribution >= 4 is 11.6 Å². The van der Waals surface area contributed by atoms with Crippen LogP contribution in [0.25, 0.3) is 0 Å². The SMILES string of the molecule is CCCNc1cncc(N2CCN(CC(F)(F)F)CC2)n1. The zero-order chi connectivity index (χ0) is 15.3. The largest absolute Gasteiger partial charge is 0.401 e. The summed E-state index contributed by atoms with van der Waals surface area (Å²) < 4.78 is 37.0. The fraction of sp³-hybridized carbons (Fsp3) is 0.692. The summed E-state index contributed by atoms with van der Waals surface area (Å²) in [6, 6.07) is 0. The van der Waals surface area contributed by atoms with Crippen LogP contribution in [0.15, 0.2) is 12.4 Å². The Kier molecular flexibility index (Phi) is 5.22. The number of piperazine rings is 1. The van der Waals surface area contributed by atoms with Crippen molar-refractivity contribution in [2.45, 2.75) is 19.5 Å². The van der Waals surface area contributed by atoms with Gasteiger partial charge in [0.15, 0.2) is 0 Å². The van der Waals surface area contributed by atoms with Gasteiger partial charge in [-0.1, -0.05) is 6.92 Å². The van der Waals surface area contributed by atoms with E-state index >= 15 is 0 Å².